The maximum atomic E-state index is 11.3. The summed E-state index contributed by atoms with van der Waals surface area (Å²) in [7, 11) is 0. The van der Waals surface area contributed by atoms with Crippen LogP contribution in [0.1, 0.15) is 43.9 Å². The highest BCUT2D eigenvalue weighted by Crippen LogP contribution is 2.42. The SMILES string of the molecule is CC(=O)Nc1ccc(Sc2nc(Nc3cc(C)[nH]n3)c(C)c(N3C4CCC3CC(O)C4)n2)cc1. The number of aliphatic hydroxyl groups is 1. The van der Waals surface area contributed by atoms with E-state index in [0.29, 0.717) is 11.0 Å². The predicted molar refractivity (Wildman–Crippen MR) is 133 cm³/mol. The van der Waals surface area contributed by atoms with Crippen molar-refractivity contribution in [1.82, 2.24) is 20.2 Å². The van der Waals surface area contributed by atoms with E-state index in [2.05, 4.69) is 25.7 Å². The van der Waals surface area contributed by atoms with Gasteiger partial charge in [-0.1, -0.05) is 0 Å². The minimum atomic E-state index is -0.239. The molecule has 10 heteroatoms. The lowest BCUT2D eigenvalue weighted by Gasteiger charge is -2.39. The van der Waals surface area contributed by atoms with Crippen LogP contribution in [-0.4, -0.2) is 49.4 Å². The molecule has 4 heterocycles. The molecule has 2 saturated heterocycles. The van der Waals surface area contributed by atoms with Crippen LogP contribution in [0.15, 0.2) is 40.4 Å². The molecule has 2 unspecified atom stereocenters. The molecule has 0 spiro atoms. The van der Waals surface area contributed by atoms with Gasteiger partial charge in [0.1, 0.15) is 11.6 Å². The number of anilines is 4. The number of nitrogens with zero attached hydrogens (tertiary/aromatic N) is 4. The van der Waals surface area contributed by atoms with Crippen molar-refractivity contribution in [2.45, 2.75) is 74.7 Å². The van der Waals surface area contributed by atoms with E-state index in [0.717, 1.165) is 59.2 Å². The van der Waals surface area contributed by atoms with E-state index in [1.807, 2.05) is 44.2 Å². The van der Waals surface area contributed by atoms with Gasteiger partial charge >= 0.3 is 0 Å². The van der Waals surface area contributed by atoms with Crippen molar-refractivity contribution in [2.75, 3.05) is 15.5 Å². The lowest BCUT2D eigenvalue weighted by atomic mass is 9.99. The third-order valence-electron chi connectivity index (χ3n) is 6.39. The summed E-state index contributed by atoms with van der Waals surface area (Å²) >= 11 is 1.48. The normalized spacial score (nSPS) is 21.5. The van der Waals surface area contributed by atoms with E-state index in [1.54, 1.807) is 0 Å². The average Bonchev–Trinajstić information content (AvgIpc) is 3.31. The van der Waals surface area contributed by atoms with Crippen LogP contribution in [0.25, 0.3) is 0 Å². The maximum absolute atomic E-state index is 11.3. The number of piperidine rings is 1. The number of aromatic nitrogens is 4. The van der Waals surface area contributed by atoms with Gasteiger partial charge in [0.25, 0.3) is 0 Å². The van der Waals surface area contributed by atoms with Crippen molar-refractivity contribution in [3.05, 3.63) is 41.6 Å². The summed E-state index contributed by atoms with van der Waals surface area (Å²) in [6, 6.07) is 10.2. The molecule has 1 aromatic carbocycles. The van der Waals surface area contributed by atoms with E-state index in [4.69, 9.17) is 9.97 Å². The fraction of sp³-hybridized carbons (Fsp3) is 0.417. The number of nitrogens with one attached hydrogen (secondary N) is 3. The second kappa shape index (κ2) is 9.27. The number of aliphatic hydroxyl groups excluding tert-OH is 1. The van der Waals surface area contributed by atoms with Crippen molar-refractivity contribution in [2.24, 2.45) is 0 Å². The molecule has 178 valence electrons. The third-order valence-corrected chi connectivity index (χ3v) is 7.26. The quantitative estimate of drug-likeness (QED) is 0.389. The minimum absolute atomic E-state index is 0.0995. The van der Waals surface area contributed by atoms with Gasteiger partial charge in [0.2, 0.25) is 5.91 Å². The van der Waals surface area contributed by atoms with Gasteiger partial charge in [-0.3, -0.25) is 9.89 Å². The summed E-state index contributed by atoms with van der Waals surface area (Å²) in [6.07, 6.45) is 3.44. The summed E-state index contributed by atoms with van der Waals surface area (Å²) in [5, 5.41) is 24.3. The van der Waals surface area contributed by atoms with Gasteiger partial charge in [0.15, 0.2) is 11.0 Å². The van der Waals surface area contributed by atoms with Crippen LogP contribution in [0, 0.1) is 13.8 Å². The predicted octanol–water partition coefficient (Wildman–Crippen LogP) is 4.16. The fourth-order valence-electron chi connectivity index (χ4n) is 4.92. The van der Waals surface area contributed by atoms with Crippen LogP contribution in [0.2, 0.25) is 0 Å². The molecule has 2 bridgehead atoms. The van der Waals surface area contributed by atoms with Gasteiger partial charge in [0.05, 0.1) is 6.10 Å². The Hall–Kier alpha value is -3.11. The largest absolute Gasteiger partial charge is 0.393 e. The molecule has 0 aliphatic carbocycles. The Labute approximate surface area is 202 Å². The van der Waals surface area contributed by atoms with E-state index in [-0.39, 0.29) is 24.1 Å². The Morgan fingerprint density at radius 3 is 2.47 bits per heavy atom. The molecule has 0 saturated carbocycles. The minimum Gasteiger partial charge on any atom is -0.393 e. The Morgan fingerprint density at radius 2 is 1.85 bits per heavy atom. The highest BCUT2D eigenvalue weighted by atomic mass is 32.2. The number of amides is 1. The number of rotatable bonds is 6. The third kappa shape index (κ3) is 4.74. The van der Waals surface area contributed by atoms with Crippen LogP contribution in [0.4, 0.5) is 23.1 Å². The molecule has 3 aromatic rings. The van der Waals surface area contributed by atoms with Gasteiger partial charge < -0.3 is 20.6 Å². The van der Waals surface area contributed by atoms with Gasteiger partial charge in [-0.15, -0.1) is 0 Å². The first kappa shape index (κ1) is 22.7. The Kier molecular flexibility index (Phi) is 6.18. The van der Waals surface area contributed by atoms with Crippen molar-refractivity contribution in [1.29, 1.82) is 0 Å². The smallest absolute Gasteiger partial charge is 0.221 e. The molecule has 2 aromatic heterocycles. The van der Waals surface area contributed by atoms with Crippen LogP contribution in [0.3, 0.4) is 0 Å². The first-order chi connectivity index (χ1) is 16.4. The molecular weight excluding hydrogens is 450 g/mol. The molecule has 1 amide bonds. The molecule has 5 rings (SSSR count). The number of fused-ring (bicyclic) bond motifs is 2. The Balaban J connectivity index is 1.49. The number of aromatic amines is 1. The molecule has 34 heavy (non-hydrogen) atoms. The van der Waals surface area contributed by atoms with Crippen LogP contribution >= 0.6 is 11.8 Å². The second-order valence-electron chi connectivity index (χ2n) is 9.09. The molecular formula is C24H29N7O2S. The van der Waals surface area contributed by atoms with Crippen LogP contribution in [0.5, 0.6) is 0 Å². The highest BCUT2D eigenvalue weighted by molar-refractivity contribution is 7.99. The molecule has 0 radical (unpaired) electrons. The molecule has 2 aliphatic rings. The average molecular weight is 480 g/mol. The summed E-state index contributed by atoms with van der Waals surface area (Å²) in [4.78, 5) is 24.5. The zero-order valence-electron chi connectivity index (χ0n) is 19.5. The van der Waals surface area contributed by atoms with Gasteiger partial charge in [0, 0.05) is 46.9 Å². The topological polar surface area (TPSA) is 119 Å². The van der Waals surface area contributed by atoms with Gasteiger partial charge in [-0.2, -0.15) is 5.10 Å². The Bertz CT molecular complexity index is 1180. The van der Waals surface area contributed by atoms with E-state index in [9.17, 15) is 9.90 Å². The standard InChI is InChI=1S/C24H29N7O2S/c1-13-10-21(30-29-13)26-22-14(2)23(31-17-6-7-18(31)12-19(33)11-17)28-24(27-22)34-20-8-4-16(5-9-20)25-15(3)32/h4-5,8-10,17-19,33H,6-7,11-12H2,1-3H3,(H,25,32)(H2,26,27,28,29,30). The lowest BCUT2D eigenvalue weighted by molar-refractivity contribution is -0.114. The maximum Gasteiger partial charge on any atom is 0.221 e. The number of H-pyrrole nitrogens is 1. The van der Waals surface area contributed by atoms with Crippen molar-refractivity contribution >= 4 is 40.8 Å². The number of carbonyl (C=O) groups is 1. The van der Waals surface area contributed by atoms with Crippen LogP contribution in [-0.2, 0) is 4.79 Å². The number of hydrogen-bond acceptors (Lipinski definition) is 8. The highest BCUT2D eigenvalue weighted by Gasteiger charge is 2.42. The Morgan fingerprint density at radius 1 is 1.15 bits per heavy atom. The van der Waals surface area contributed by atoms with Crippen LogP contribution < -0.4 is 15.5 Å². The molecule has 2 aliphatic heterocycles. The molecule has 4 N–H and O–H groups in total. The molecule has 2 atom stereocenters. The molecule has 2 fully saturated rings. The van der Waals surface area contributed by atoms with Crippen molar-refractivity contribution in [3.8, 4) is 0 Å². The summed E-state index contributed by atoms with van der Waals surface area (Å²) in [5.74, 6) is 2.25. The first-order valence-electron chi connectivity index (χ1n) is 11.6. The summed E-state index contributed by atoms with van der Waals surface area (Å²) < 4.78 is 0. The van der Waals surface area contributed by atoms with Gasteiger partial charge in [-0.05, 0) is 75.6 Å². The first-order valence-corrected chi connectivity index (χ1v) is 12.4. The van der Waals surface area contributed by atoms with Crippen molar-refractivity contribution in [3.63, 3.8) is 0 Å². The van der Waals surface area contributed by atoms with Crippen molar-refractivity contribution < 1.29 is 9.90 Å². The van der Waals surface area contributed by atoms with E-state index >= 15 is 0 Å². The summed E-state index contributed by atoms with van der Waals surface area (Å²) in [6.45, 7) is 5.49. The lowest BCUT2D eigenvalue weighted by Crippen LogP contribution is -2.45. The zero-order chi connectivity index (χ0) is 23.8. The van der Waals surface area contributed by atoms with E-state index in [1.165, 1.54) is 18.7 Å². The number of benzene rings is 1. The fourth-order valence-corrected chi connectivity index (χ4v) is 5.67. The zero-order valence-corrected chi connectivity index (χ0v) is 20.3. The summed E-state index contributed by atoms with van der Waals surface area (Å²) in [5.41, 5.74) is 2.69. The van der Waals surface area contributed by atoms with E-state index < -0.39 is 0 Å². The number of carbonyl (C=O) groups excluding carboxylic acids is 1. The second-order valence-corrected chi connectivity index (χ2v) is 10.1. The number of aryl methyl sites for hydroxylation is 1. The molecule has 9 nitrogen and oxygen atoms in total. The monoisotopic (exact) mass is 479 g/mol. The number of hydrogen-bond donors (Lipinski definition) is 4. The van der Waals surface area contributed by atoms with Gasteiger partial charge in [-0.25, -0.2) is 9.97 Å².